The van der Waals surface area contributed by atoms with Gasteiger partial charge >= 0.3 is 0 Å². The topological polar surface area (TPSA) is 21.3 Å². The van der Waals surface area contributed by atoms with Crippen LogP contribution >= 0.6 is 11.3 Å². The largest absolute Gasteiger partial charge is 0.381 e. The minimum Gasteiger partial charge on any atom is -0.381 e. The number of rotatable bonds is 5. The van der Waals surface area contributed by atoms with E-state index in [1.165, 1.54) is 28.2 Å². The maximum Gasteiger partial charge on any atom is 0.0513 e. The van der Waals surface area contributed by atoms with Crippen molar-refractivity contribution in [2.75, 3.05) is 19.8 Å². The predicted molar refractivity (Wildman–Crippen MR) is 73.8 cm³/mol. The van der Waals surface area contributed by atoms with E-state index in [9.17, 15) is 0 Å². The minimum atomic E-state index is 0.495. The zero-order valence-corrected chi connectivity index (χ0v) is 11.9. The first-order valence-corrected chi connectivity index (χ1v) is 7.42. The number of nitrogens with one attached hydrogen (secondary N) is 1. The van der Waals surface area contributed by atoms with Crippen molar-refractivity contribution >= 4 is 11.3 Å². The highest BCUT2D eigenvalue weighted by molar-refractivity contribution is 7.12. The lowest BCUT2D eigenvalue weighted by Gasteiger charge is -2.22. The van der Waals surface area contributed by atoms with E-state index in [1.807, 2.05) is 11.3 Å². The second kappa shape index (κ2) is 5.98. The zero-order chi connectivity index (χ0) is 12.3. The Labute approximate surface area is 108 Å². The van der Waals surface area contributed by atoms with Crippen molar-refractivity contribution in [1.29, 1.82) is 0 Å². The molecule has 3 heteroatoms. The Hall–Kier alpha value is -0.380. The van der Waals surface area contributed by atoms with Crippen LogP contribution in [0.1, 0.15) is 41.1 Å². The molecule has 1 aromatic heterocycles. The quantitative estimate of drug-likeness (QED) is 0.868. The average molecular weight is 253 g/mol. The Morgan fingerprint density at radius 3 is 2.88 bits per heavy atom. The molecule has 0 spiro atoms. The van der Waals surface area contributed by atoms with Gasteiger partial charge in [-0.25, -0.2) is 0 Å². The normalized spacial score (nSPS) is 21.9. The van der Waals surface area contributed by atoms with Crippen molar-refractivity contribution in [3.05, 3.63) is 21.4 Å². The van der Waals surface area contributed by atoms with Gasteiger partial charge in [0, 0.05) is 28.3 Å². The van der Waals surface area contributed by atoms with Gasteiger partial charge in [-0.2, -0.15) is 0 Å². The summed E-state index contributed by atoms with van der Waals surface area (Å²) in [6, 6.07) is 2.85. The third kappa shape index (κ3) is 3.09. The van der Waals surface area contributed by atoms with E-state index in [2.05, 4.69) is 32.2 Å². The molecule has 2 unspecified atom stereocenters. The molecule has 0 aromatic carbocycles. The van der Waals surface area contributed by atoms with Crippen molar-refractivity contribution in [2.24, 2.45) is 5.92 Å². The summed E-state index contributed by atoms with van der Waals surface area (Å²) in [5.74, 6) is 0.652. The van der Waals surface area contributed by atoms with Crippen molar-refractivity contribution in [1.82, 2.24) is 5.32 Å². The van der Waals surface area contributed by atoms with E-state index in [1.54, 1.807) is 0 Å². The van der Waals surface area contributed by atoms with Crippen LogP contribution in [0.4, 0.5) is 0 Å². The van der Waals surface area contributed by atoms with E-state index in [0.717, 1.165) is 19.8 Å². The molecular weight excluding hydrogens is 230 g/mol. The number of hydrogen-bond donors (Lipinski definition) is 1. The molecule has 0 saturated carbocycles. The molecule has 0 aliphatic carbocycles. The smallest absolute Gasteiger partial charge is 0.0513 e. The molecule has 2 heterocycles. The van der Waals surface area contributed by atoms with E-state index in [-0.39, 0.29) is 0 Å². The summed E-state index contributed by atoms with van der Waals surface area (Å²) < 4.78 is 5.54. The minimum absolute atomic E-state index is 0.495. The van der Waals surface area contributed by atoms with Gasteiger partial charge in [-0.3, -0.25) is 0 Å². The number of aryl methyl sites for hydroxylation is 2. The summed E-state index contributed by atoms with van der Waals surface area (Å²) in [5.41, 5.74) is 1.42. The zero-order valence-electron chi connectivity index (χ0n) is 11.1. The summed E-state index contributed by atoms with van der Waals surface area (Å²) in [5, 5.41) is 3.70. The van der Waals surface area contributed by atoms with E-state index < -0.39 is 0 Å². The number of ether oxygens (including phenoxy) is 1. The molecule has 1 aliphatic heterocycles. The fourth-order valence-electron chi connectivity index (χ4n) is 2.37. The van der Waals surface area contributed by atoms with Crippen molar-refractivity contribution in [3.8, 4) is 0 Å². The maximum absolute atomic E-state index is 5.54. The number of hydrogen-bond acceptors (Lipinski definition) is 3. The summed E-state index contributed by atoms with van der Waals surface area (Å²) in [7, 11) is 0. The van der Waals surface area contributed by atoms with Gasteiger partial charge in [0.15, 0.2) is 0 Å². The first-order chi connectivity index (χ1) is 8.22. The molecule has 17 heavy (non-hydrogen) atoms. The second-order valence-corrected chi connectivity index (χ2v) is 6.23. The molecule has 96 valence electrons. The van der Waals surface area contributed by atoms with Gasteiger partial charge in [-0.15, -0.1) is 11.3 Å². The van der Waals surface area contributed by atoms with E-state index in [0.29, 0.717) is 12.0 Å². The van der Waals surface area contributed by atoms with Crippen LogP contribution in [0.3, 0.4) is 0 Å². The molecular formula is C14H23NOS. The molecule has 2 rings (SSSR count). The van der Waals surface area contributed by atoms with E-state index in [4.69, 9.17) is 4.74 Å². The van der Waals surface area contributed by atoms with Gasteiger partial charge in [-0.05, 0) is 44.9 Å². The lowest BCUT2D eigenvalue weighted by molar-refractivity contribution is 0.177. The Bertz CT molecular complexity index is 336. The highest BCUT2D eigenvalue weighted by Crippen LogP contribution is 2.34. The fraction of sp³-hybridized carbons (Fsp3) is 0.714. The first-order valence-electron chi connectivity index (χ1n) is 6.60. The summed E-state index contributed by atoms with van der Waals surface area (Å²) in [6.07, 6.45) is 2.38. The van der Waals surface area contributed by atoms with Gasteiger partial charge in [-0.1, -0.05) is 6.92 Å². The highest BCUT2D eigenvalue weighted by atomic mass is 32.1. The monoisotopic (exact) mass is 253 g/mol. The molecule has 1 N–H and O–H groups in total. The summed E-state index contributed by atoms with van der Waals surface area (Å²) in [6.45, 7) is 9.58. The first kappa shape index (κ1) is 13.1. The van der Waals surface area contributed by atoms with Crippen LogP contribution in [0.2, 0.25) is 0 Å². The Morgan fingerprint density at radius 2 is 2.35 bits per heavy atom. The maximum atomic E-state index is 5.54. The molecule has 2 atom stereocenters. The molecule has 0 amide bonds. The van der Waals surface area contributed by atoms with Crippen LogP contribution in [0.5, 0.6) is 0 Å². The molecule has 1 fully saturated rings. The molecule has 1 saturated heterocycles. The predicted octanol–water partition coefficient (Wildman–Crippen LogP) is 3.44. The van der Waals surface area contributed by atoms with Crippen molar-refractivity contribution < 1.29 is 4.74 Å². The highest BCUT2D eigenvalue weighted by Gasteiger charge is 2.27. The summed E-state index contributed by atoms with van der Waals surface area (Å²) in [4.78, 5) is 2.94. The second-order valence-electron chi connectivity index (χ2n) is 4.94. The van der Waals surface area contributed by atoms with Crippen LogP contribution in [0.15, 0.2) is 6.07 Å². The molecule has 2 nitrogen and oxygen atoms in total. The van der Waals surface area contributed by atoms with Gasteiger partial charge in [0.25, 0.3) is 0 Å². The lowest BCUT2D eigenvalue weighted by atomic mass is 9.97. The number of thiophene rings is 1. The van der Waals surface area contributed by atoms with E-state index >= 15 is 0 Å². The van der Waals surface area contributed by atoms with Crippen LogP contribution in [0.25, 0.3) is 0 Å². The molecule has 0 bridgehead atoms. The van der Waals surface area contributed by atoms with Crippen molar-refractivity contribution in [3.63, 3.8) is 0 Å². The van der Waals surface area contributed by atoms with Gasteiger partial charge in [0.05, 0.1) is 6.61 Å². The van der Waals surface area contributed by atoms with Gasteiger partial charge in [0.2, 0.25) is 0 Å². The molecule has 1 aromatic rings. The SMILES string of the molecule is CCCNC(c1cc(C)c(C)s1)C1CCOC1. The summed E-state index contributed by atoms with van der Waals surface area (Å²) >= 11 is 1.94. The van der Waals surface area contributed by atoms with Crippen LogP contribution < -0.4 is 5.32 Å². The Morgan fingerprint density at radius 1 is 1.53 bits per heavy atom. The third-order valence-electron chi connectivity index (χ3n) is 3.54. The molecule has 1 aliphatic rings. The van der Waals surface area contributed by atoms with Crippen molar-refractivity contribution in [2.45, 2.75) is 39.7 Å². The Kier molecular flexibility index (Phi) is 4.60. The lowest BCUT2D eigenvalue weighted by Crippen LogP contribution is -2.28. The average Bonchev–Trinajstić information content (AvgIpc) is 2.92. The standard InChI is InChI=1S/C14H23NOS/c1-4-6-15-14(12-5-7-16-9-12)13-8-10(2)11(3)17-13/h8,12,14-15H,4-7,9H2,1-3H3. The fourth-order valence-corrected chi connectivity index (χ4v) is 3.58. The van der Waals surface area contributed by atoms with Crippen LogP contribution in [-0.2, 0) is 4.74 Å². The van der Waals surface area contributed by atoms with Gasteiger partial charge < -0.3 is 10.1 Å². The third-order valence-corrected chi connectivity index (χ3v) is 4.78. The van der Waals surface area contributed by atoms with Crippen LogP contribution in [0, 0.1) is 19.8 Å². The Balaban J connectivity index is 2.13. The molecule has 0 radical (unpaired) electrons. The van der Waals surface area contributed by atoms with Crippen LogP contribution in [-0.4, -0.2) is 19.8 Å². The van der Waals surface area contributed by atoms with Gasteiger partial charge in [0.1, 0.15) is 0 Å².